The molecule has 3 aromatic rings. The van der Waals surface area contributed by atoms with Crippen LogP contribution in [0.2, 0.25) is 0 Å². The number of carbonyl (C=O) groups excluding carboxylic acids is 1. The highest BCUT2D eigenvalue weighted by Crippen LogP contribution is 2.46. The van der Waals surface area contributed by atoms with Crippen molar-refractivity contribution in [3.8, 4) is 16.9 Å². The Bertz CT molecular complexity index is 1370. The molecule has 2 fully saturated rings. The van der Waals surface area contributed by atoms with E-state index in [1.54, 1.807) is 18.2 Å². The summed E-state index contributed by atoms with van der Waals surface area (Å²) in [7, 11) is 0. The molecular formula is C32H29F3O5. The molecule has 3 aromatic carbocycles. The third-order valence-corrected chi connectivity index (χ3v) is 7.27. The lowest BCUT2D eigenvalue weighted by atomic mass is 9.91. The van der Waals surface area contributed by atoms with E-state index in [2.05, 4.69) is 6.58 Å². The van der Waals surface area contributed by atoms with Gasteiger partial charge in [0, 0.05) is 24.7 Å². The minimum atomic E-state index is -4.49. The molecule has 5 atom stereocenters. The van der Waals surface area contributed by atoms with Crippen molar-refractivity contribution in [2.24, 2.45) is 11.8 Å². The van der Waals surface area contributed by atoms with E-state index < -0.39 is 29.9 Å². The van der Waals surface area contributed by atoms with Gasteiger partial charge in [-0.25, -0.2) is 4.79 Å². The van der Waals surface area contributed by atoms with Crippen molar-refractivity contribution in [1.82, 2.24) is 0 Å². The Morgan fingerprint density at radius 2 is 1.77 bits per heavy atom. The van der Waals surface area contributed by atoms with E-state index in [0.29, 0.717) is 24.2 Å². The summed E-state index contributed by atoms with van der Waals surface area (Å²) in [6.45, 7) is 3.68. The Morgan fingerprint density at radius 1 is 1.05 bits per heavy atom. The smallest absolute Gasteiger partial charge is 0.416 e. The van der Waals surface area contributed by atoms with Crippen molar-refractivity contribution in [3.63, 3.8) is 0 Å². The molecule has 1 saturated carbocycles. The monoisotopic (exact) mass is 550 g/mol. The van der Waals surface area contributed by atoms with E-state index in [1.165, 1.54) is 18.2 Å². The molecule has 40 heavy (non-hydrogen) atoms. The fourth-order valence-corrected chi connectivity index (χ4v) is 5.30. The number of hydrogen-bond donors (Lipinski definition) is 1. The fourth-order valence-electron chi connectivity index (χ4n) is 5.30. The minimum absolute atomic E-state index is 0.00814. The van der Waals surface area contributed by atoms with Crippen LogP contribution in [0.1, 0.15) is 28.8 Å². The zero-order valence-electron chi connectivity index (χ0n) is 21.6. The summed E-state index contributed by atoms with van der Waals surface area (Å²) in [5.74, 6) is 0.0192. The van der Waals surface area contributed by atoms with Crippen molar-refractivity contribution >= 4 is 5.97 Å². The van der Waals surface area contributed by atoms with E-state index >= 15 is 0 Å². The Labute approximate surface area is 230 Å². The first-order valence-corrected chi connectivity index (χ1v) is 13.0. The highest BCUT2D eigenvalue weighted by Gasteiger charge is 2.49. The van der Waals surface area contributed by atoms with Gasteiger partial charge in [-0.1, -0.05) is 67.3 Å². The van der Waals surface area contributed by atoms with Gasteiger partial charge in [0.25, 0.3) is 0 Å². The molecule has 208 valence electrons. The number of ether oxygens (including phenoxy) is 3. The maximum atomic E-state index is 13.0. The average Bonchev–Trinajstić information content (AvgIpc) is 3.46. The molecule has 1 aliphatic carbocycles. The third kappa shape index (κ3) is 6.39. The number of halogens is 3. The second-order valence-corrected chi connectivity index (χ2v) is 10.1. The molecule has 1 saturated heterocycles. The number of aliphatic hydroxyl groups is 1. The van der Waals surface area contributed by atoms with Crippen molar-refractivity contribution < 1.29 is 37.3 Å². The van der Waals surface area contributed by atoms with Gasteiger partial charge in [0.15, 0.2) is 0 Å². The SMILES string of the molecule is C=C1C[C@@H]2[C@@H](/C=C/[C@H](O)COc3cccc(C(F)(F)F)c3)[C@H](OC(=O)c3ccc(-c4ccccc4)cc3)C[C@@H]2O1. The molecular weight excluding hydrogens is 521 g/mol. The molecule has 2 aliphatic rings. The molecule has 5 nitrogen and oxygen atoms in total. The standard InChI is InChI=1S/C32H29F3O5/c1-20-16-28-27(15-14-25(36)19-38-26-9-5-8-24(17-26)32(33,34)35)29(18-30(28)39-20)40-31(37)23-12-10-22(11-13-23)21-6-3-2-4-7-21/h2-15,17,25,27-30,36H,1,16,18-19H2/b15-14+/t25-,27+,28+,29+,30-/m0/s1. The molecule has 8 heteroatoms. The van der Waals surface area contributed by atoms with Gasteiger partial charge in [-0.3, -0.25) is 0 Å². The van der Waals surface area contributed by atoms with Gasteiger partial charge < -0.3 is 19.3 Å². The van der Waals surface area contributed by atoms with Gasteiger partial charge >= 0.3 is 12.1 Å². The predicted molar refractivity (Wildman–Crippen MR) is 143 cm³/mol. The largest absolute Gasteiger partial charge is 0.495 e. The Kier molecular flexibility index (Phi) is 7.98. The maximum Gasteiger partial charge on any atom is 0.416 e. The molecule has 1 heterocycles. The first-order valence-electron chi connectivity index (χ1n) is 13.0. The van der Waals surface area contributed by atoms with E-state index in [4.69, 9.17) is 14.2 Å². The molecule has 1 N–H and O–H groups in total. The molecule has 1 aliphatic heterocycles. The van der Waals surface area contributed by atoms with Crippen LogP contribution in [0.15, 0.2) is 103 Å². The van der Waals surface area contributed by atoms with Crippen LogP contribution in [0.3, 0.4) is 0 Å². The Hall–Kier alpha value is -4.04. The number of esters is 1. The Morgan fingerprint density at radius 3 is 2.50 bits per heavy atom. The first kappa shape index (κ1) is 27.5. The number of fused-ring (bicyclic) bond motifs is 1. The van der Waals surface area contributed by atoms with Gasteiger partial charge in [-0.2, -0.15) is 13.2 Å². The van der Waals surface area contributed by atoms with Crippen molar-refractivity contribution in [2.75, 3.05) is 6.61 Å². The number of carbonyl (C=O) groups is 1. The normalized spacial score (nSPS) is 23.1. The van der Waals surface area contributed by atoms with Crippen molar-refractivity contribution in [3.05, 3.63) is 114 Å². The van der Waals surface area contributed by atoms with E-state index in [1.807, 2.05) is 42.5 Å². The fraction of sp³-hybridized carbons (Fsp3) is 0.281. The number of alkyl halides is 3. The lowest BCUT2D eigenvalue weighted by molar-refractivity contribution is -0.137. The first-order chi connectivity index (χ1) is 19.2. The van der Waals surface area contributed by atoms with Gasteiger partial charge in [0.2, 0.25) is 0 Å². The molecule has 0 amide bonds. The summed E-state index contributed by atoms with van der Waals surface area (Å²) in [6, 6.07) is 21.6. The molecule has 0 radical (unpaired) electrons. The van der Waals surface area contributed by atoms with E-state index in [0.717, 1.165) is 23.3 Å². The topological polar surface area (TPSA) is 65.0 Å². The average molecular weight is 551 g/mol. The van der Waals surface area contributed by atoms with Crippen molar-refractivity contribution in [1.29, 1.82) is 0 Å². The van der Waals surface area contributed by atoms with Gasteiger partial charge in [-0.05, 0) is 41.5 Å². The summed E-state index contributed by atoms with van der Waals surface area (Å²) in [5, 5.41) is 10.5. The number of rotatable bonds is 8. The maximum absolute atomic E-state index is 13.0. The molecule has 0 aromatic heterocycles. The number of benzene rings is 3. The molecule has 0 unspecified atom stereocenters. The van der Waals surface area contributed by atoms with Crippen LogP contribution in [0.4, 0.5) is 13.2 Å². The van der Waals surface area contributed by atoms with Crippen molar-refractivity contribution in [2.45, 2.75) is 37.3 Å². The quantitative estimate of drug-likeness (QED) is 0.246. The van der Waals surface area contributed by atoms with Crippen LogP contribution < -0.4 is 4.74 Å². The summed E-state index contributed by atoms with van der Waals surface area (Å²) in [6.07, 6.45) is -1.79. The van der Waals surface area contributed by atoms with Crippen LogP contribution in [-0.2, 0) is 15.7 Å². The highest BCUT2D eigenvalue weighted by atomic mass is 19.4. The second-order valence-electron chi connectivity index (χ2n) is 10.1. The summed E-state index contributed by atoms with van der Waals surface area (Å²) in [4.78, 5) is 13.0. The molecule has 5 rings (SSSR count). The zero-order chi connectivity index (χ0) is 28.3. The van der Waals surface area contributed by atoms with Gasteiger partial charge in [0.05, 0.1) is 16.9 Å². The predicted octanol–water partition coefficient (Wildman–Crippen LogP) is 6.83. The lowest BCUT2D eigenvalue weighted by Gasteiger charge is -2.21. The van der Waals surface area contributed by atoms with Crippen LogP contribution in [-0.4, -0.2) is 36.0 Å². The molecule has 0 spiro atoms. The summed E-state index contributed by atoms with van der Waals surface area (Å²) in [5.41, 5.74) is 1.64. The van der Waals surface area contributed by atoms with Crippen LogP contribution in [0.5, 0.6) is 5.75 Å². The second kappa shape index (κ2) is 11.6. The molecule has 0 bridgehead atoms. The number of hydrogen-bond acceptors (Lipinski definition) is 5. The number of aliphatic hydroxyl groups excluding tert-OH is 1. The zero-order valence-corrected chi connectivity index (χ0v) is 21.6. The van der Waals surface area contributed by atoms with Crippen LogP contribution in [0.25, 0.3) is 11.1 Å². The van der Waals surface area contributed by atoms with Gasteiger partial charge in [0.1, 0.15) is 30.7 Å². The number of allylic oxidation sites excluding steroid dienone is 1. The summed E-state index contributed by atoms with van der Waals surface area (Å²) >= 11 is 0. The van der Waals surface area contributed by atoms with Crippen LogP contribution in [0, 0.1) is 11.8 Å². The van der Waals surface area contributed by atoms with E-state index in [9.17, 15) is 23.1 Å². The summed E-state index contributed by atoms with van der Waals surface area (Å²) < 4.78 is 56.0. The van der Waals surface area contributed by atoms with Gasteiger partial charge in [-0.15, -0.1) is 0 Å². The minimum Gasteiger partial charge on any atom is -0.495 e. The van der Waals surface area contributed by atoms with Crippen LogP contribution >= 0.6 is 0 Å². The van der Waals surface area contributed by atoms with E-state index in [-0.39, 0.29) is 30.3 Å². The lowest BCUT2D eigenvalue weighted by Crippen LogP contribution is -2.25. The Balaban J connectivity index is 1.23. The third-order valence-electron chi connectivity index (χ3n) is 7.27. The highest BCUT2D eigenvalue weighted by molar-refractivity contribution is 5.90.